The number of halogens is 2. The molecule has 1 fully saturated rings. The average molecular weight is 499 g/mol. The number of guanidine groups is 1. The van der Waals surface area contributed by atoms with Gasteiger partial charge in [-0.1, -0.05) is 18.2 Å². The van der Waals surface area contributed by atoms with Gasteiger partial charge in [-0.3, -0.25) is 4.99 Å². The second-order valence-electron chi connectivity index (χ2n) is 6.72. The number of nitrogens with zero attached hydrogens (tertiary/aromatic N) is 1. The van der Waals surface area contributed by atoms with Crippen molar-refractivity contribution in [1.29, 1.82) is 0 Å². The van der Waals surface area contributed by atoms with Crippen molar-refractivity contribution in [2.75, 3.05) is 27.8 Å². The fraction of sp³-hybridized carbons (Fsp3) is 0.381. The second-order valence-corrected chi connectivity index (χ2v) is 6.72. The minimum absolute atomic E-state index is 0. The van der Waals surface area contributed by atoms with Crippen LogP contribution in [0.3, 0.4) is 0 Å². The molecule has 1 saturated carbocycles. The maximum Gasteiger partial charge on any atom is 0.191 e. The summed E-state index contributed by atoms with van der Waals surface area (Å²) < 4.78 is 24.8. The molecule has 2 N–H and O–H groups in total. The summed E-state index contributed by atoms with van der Waals surface area (Å²) in [5, 5.41) is 6.62. The molecule has 0 aliphatic heterocycles. The maximum atomic E-state index is 14.1. The van der Waals surface area contributed by atoms with E-state index in [0.717, 1.165) is 35.5 Å². The second kappa shape index (κ2) is 9.95. The van der Waals surface area contributed by atoms with Crippen molar-refractivity contribution in [3.8, 4) is 11.5 Å². The van der Waals surface area contributed by atoms with E-state index in [-0.39, 0.29) is 35.2 Å². The first kappa shape index (κ1) is 22.3. The highest BCUT2D eigenvalue weighted by atomic mass is 127. The van der Waals surface area contributed by atoms with Gasteiger partial charge in [0.05, 0.1) is 14.2 Å². The molecule has 28 heavy (non-hydrogen) atoms. The fourth-order valence-corrected chi connectivity index (χ4v) is 3.23. The number of ether oxygens (including phenoxy) is 2. The van der Waals surface area contributed by atoms with Crippen LogP contribution < -0.4 is 20.1 Å². The predicted molar refractivity (Wildman–Crippen MR) is 120 cm³/mol. The van der Waals surface area contributed by atoms with E-state index in [1.165, 1.54) is 6.07 Å². The standard InChI is InChI=1S/C21H26FN3O2.HI/c1-23-20(24-13-15-8-9-16(26-2)12-19(15)27-3)25-14-21(10-11-21)17-6-4-5-7-18(17)22;/h4-9,12H,10-11,13-14H2,1-3H3,(H2,23,24,25);1H. The van der Waals surface area contributed by atoms with E-state index in [9.17, 15) is 4.39 Å². The third kappa shape index (κ3) is 5.06. The van der Waals surface area contributed by atoms with E-state index in [1.807, 2.05) is 30.3 Å². The zero-order chi connectivity index (χ0) is 19.3. The molecule has 0 amide bonds. The van der Waals surface area contributed by atoms with Crippen molar-refractivity contribution >= 4 is 29.9 Å². The number of methoxy groups -OCH3 is 2. The monoisotopic (exact) mass is 499 g/mol. The Morgan fingerprint density at radius 3 is 2.46 bits per heavy atom. The van der Waals surface area contributed by atoms with Gasteiger partial charge < -0.3 is 20.1 Å². The summed E-state index contributed by atoms with van der Waals surface area (Å²) in [4.78, 5) is 4.27. The molecule has 1 aliphatic rings. The van der Waals surface area contributed by atoms with E-state index in [1.54, 1.807) is 27.3 Å². The first-order valence-corrected chi connectivity index (χ1v) is 9.02. The Morgan fingerprint density at radius 2 is 1.86 bits per heavy atom. The van der Waals surface area contributed by atoms with Crippen molar-refractivity contribution in [2.45, 2.75) is 24.8 Å². The molecule has 0 spiro atoms. The van der Waals surface area contributed by atoms with Crippen LogP contribution in [0.2, 0.25) is 0 Å². The van der Waals surface area contributed by atoms with Gasteiger partial charge >= 0.3 is 0 Å². The molecular formula is C21H27FIN3O2. The van der Waals surface area contributed by atoms with Gasteiger partial charge in [0.15, 0.2) is 5.96 Å². The molecule has 3 rings (SSSR count). The van der Waals surface area contributed by atoms with Gasteiger partial charge in [-0.2, -0.15) is 0 Å². The molecule has 0 atom stereocenters. The van der Waals surface area contributed by atoms with Gasteiger partial charge in [0.2, 0.25) is 0 Å². The van der Waals surface area contributed by atoms with Crippen molar-refractivity contribution in [3.05, 3.63) is 59.4 Å². The van der Waals surface area contributed by atoms with Crippen LogP contribution in [0.4, 0.5) is 4.39 Å². The summed E-state index contributed by atoms with van der Waals surface area (Å²) in [5.74, 6) is 2.04. The largest absolute Gasteiger partial charge is 0.497 e. The first-order chi connectivity index (χ1) is 13.1. The topological polar surface area (TPSA) is 54.9 Å². The number of hydrogen-bond donors (Lipinski definition) is 2. The lowest BCUT2D eigenvalue weighted by Gasteiger charge is -2.20. The molecule has 0 aromatic heterocycles. The highest BCUT2D eigenvalue weighted by molar-refractivity contribution is 14.0. The molecule has 5 nitrogen and oxygen atoms in total. The molecule has 1 aliphatic carbocycles. The third-order valence-corrected chi connectivity index (χ3v) is 5.06. The fourth-order valence-electron chi connectivity index (χ4n) is 3.23. The number of rotatable bonds is 7. The van der Waals surface area contributed by atoms with E-state index in [4.69, 9.17) is 9.47 Å². The van der Waals surface area contributed by atoms with Crippen LogP contribution in [-0.4, -0.2) is 33.8 Å². The lowest BCUT2D eigenvalue weighted by Crippen LogP contribution is -2.41. The number of hydrogen-bond acceptors (Lipinski definition) is 3. The van der Waals surface area contributed by atoms with Crippen LogP contribution in [-0.2, 0) is 12.0 Å². The van der Waals surface area contributed by atoms with Crippen molar-refractivity contribution in [1.82, 2.24) is 10.6 Å². The minimum atomic E-state index is -0.138. The minimum Gasteiger partial charge on any atom is -0.497 e. The van der Waals surface area contributed by atoms with Gasteiger partial charge in [-0.15, -0.1) is 24.0 Å². The van der Waals surface area contributed by atoms with E-state index in [0.29, 0.717) is 19.0 Å². The van der Waals surface area contributed by atoms with Gasteiger partial charge in [-0.05, 0) is 36.6 Å². The molecule has 0 bridgehead atoms. The van der Waals surface area contributed by atoms with Crippen LogP contribution in [0.25, 0.3) is 0 Å². The van der Waals surface area contributed by atoms with Crippen LogP contribution in [0.15, 0.2) is 47.5 Å². The quantitative estimate of drug-likeness (QED) is 0.345. The summed E-state index contributed by atoms with van der Waals surface area (Å²) in [6.07, 6.45) is 1.95. The molecule has 0 unspecified atom stereocenters. The van der Waals surface area contributed by atoms with E-state index < -0.39 is 0 Å². The first-order valence-electron chi connectivity index (χ1n) is 9.02. The van der Waals surface area contributed by atoms with Crippen LogP contribution in [0, 0.1) is 5.82 Å². The summed E-state index contributed by atoms with van der Waals surface area (Å²) >= 11 is 0. The Hall–Kier alpha value is -2.03. The smallest absolute Gasteiger partial charge is 0.191 e. The predicted octanol–water partition coefficient (Wildman–Crippen LogP) is 3.86. The van der Waals surface area contributed by atoms with Gasteiger partial charge in [0, 0.05) is 37.2 Å². The van der Waals surface area contributed by atoms with Gasteiger partial charge in [0.1, 0.15) is 17.3 Å². The molecule has 0 saturated heterocycles. The summed E-state index contributed by atoms with van der Waals surface area (Å²) in [6, 6.07) is 12.7. The summed E-state index contributed by atoms with van der Waals surface area (Å²) in [7, 11) is 4.99. The zero-order valence-corrected chi connectivity index (χ0v) is 18.8. The van der Waals surface area contributed by atoms with Crippen LogP contribution in [0.5, 0.6) is 11.5 Å². The summed E-state index contributed by atoms with van der Waals surface area (Å²) in [6.45, 7) is 1.20. The Labute approximate surface area is 182 Å². The zero-order valence-electron chi connectivity index (χ0n) is 16.4. The third-order valence-electron chi connectivity index (χ3n) is 5.06. The van der Waals surface area contributed by atoms with Gasteiger partial charge in [-0.25, -0.2) is 4.39 Å². The molecule has 152 valence electrons. The van der Waals surface area contributed by atoms with Crippen molar-refractivity contribution in [3.63, 3.8) is 0 Å². The molecule has 0 radical (unpaired) electrons. The summed E-state index contributed by atoms with van der Waals surface area (Å²) in [5.41, 5.74) is 1.64. The Kier molecular flexibility index (Phi) is 7.91. The lowest BCUT2D eigenvalue weighted by atomic mass is 9.95. The Balaban J connectivity index is 0.00000280. The van der Waals surface area contributed by atoms with Crippen molar-refractivity contribution in [2.24, 2.45) is 4.99 Å². The number of aliphatic imine (C=N–C) groups is 1. The molecule has 2 aromatic rings. The number of nitrogens with one attached hydrogen (secondary N) is 2. The normalized spacial score (nSPS) is 14.6. The molecule has 7 heteroatoms. The SMILES string of the molecule is CN=C(NCc1ccc(OC)cc1OC)NCC1(c2ccccc2F)CC1.I. The van der Waals surface area contributed by atoms with E-state index >= 15 is 0 Å². The average Bonchev–Trinajstić information content (AvgIpc) is 3.49. The molecule has 0 heterocycles. The van der Waals surface area contributed by atoms with Gasteiger partial charge in [0.25, 0.3) is 0 Å². The lowest BCUT2D eigenvalue weighted by molar-refractivity contribution is 0.390. The highest BCUT2D eigenvalue weighted by Crippen LogP contribution is 2.48. The Morgan fingerprint density at radius 1 is 1.11 bits per heavy atom. The van der Waals surface area contributed by atoms with Crippen molar-refractivity contribution < 1.29 is 13.9 Å². The Bertz CT molecular complexity index is 825. The van der Waals surface area contributed by atoms with Crippen LogP contribution in [0.1, 0.15) is 24.0 Å². The molecular weight excluding hydrogens is 472 g/mol. The number of benzene rings is 2. The molecule has 2 aromatic carbocycles. The van der Waals surface area contributed by atoms with Crippen LogP contribution >= 0.6 is 24.0 Å². The maximum absolute atomic E-state index is 14.1. The highest BCUT2D eigenvalue weighted by Gasteiger charge is 2.45. The van der Waals surface area contributed by atoms with E-state index in [2.05, 4.69) is 15.6 Å².